The molecular formula is C77H120O6. The van der Waals surface area contributed by atoms with Gasteiger partial charge in [0.05, 0.1) is 0 Å². The van der Waals surface area contributed by atoms with E-state index in [0.29, 0.717) is 12.8 Å². The molecule has 0 aromatic carbocycles. The molecule has 83 heavy (non-hydrogen) atoms. The van der Waals surface area contributed by atoms with Crippen molar-refractivity contribution in [2.75, 3.05) is 13.2 Å². The molecule has 0 N–H and O–H groups in total. The highest BCUT2D eigenvalue weighted by atomic mass is 16.6. The number of unbranched alkanes of at least 4 members (excludes halogenated alkanes) is 17. The van der Waals surface area contributed by atoms with Gasteiger partial charge in [-0.05, 0) is 154 Å². The van der Waals surface area contributed by atoms with Gasteiger partial charge in [0.25, 0.3) is 0 Å². The summed E-state index contributed by atoms with van der Waals surface area (Å²) in [6, 6.07) is 0. The van der Waals surface area contributed by atoms with Crippen LogP contribution in [0.4, 0.5) is 0 Å². The Labute approximate surface area is 510 Å². The second-order valence-electron chi connectivity index (χ2n) is 21.3. The van der Waals surface area contributed by atoms with E-state index in [2.05, 4.69) is 203 Å². The molecule has 0 aliphatic carbocycles. The van der Waals surface area contributed by atoms with E-state index in [0.717, 1.165) is 167 Å². The van der Waals surface area contributed by atoms with Crippen LogP contribution in [-0.2, 0) is 28.6 Å². The van der Waals surface area contributed by atoms with Crippen molar-refractivity contribution in [1.82, 2.24) is 0 Å². The zero-order valence-corrected chi connectivity index (χ0v) is 53.1. The van der Waals surface area contributed by atoms with E-state index in [9.17, 15) is 14.4 Å². The van der Waals surface area contributed by atoms with Crippen LogP contribution in [0, 0.1) is 0 Å². The van der Waals surface area contributed by atoms with Crippen LogP contribution in [-0.4, -0.2) is 37.2 Å². The second-order valence-corrected chi connectivity index (χ2v) is 21.3. The maximum Gasteiger partial charge on any atom is 0.306 e. The minimum atomic E-state index is -0.828. The molecule has 0 radical (unpaired) electrons. The summed E-state index contributed by atoms with van der Waals surface area (Å²) < 4.78 is 16.9. The van der Waals surface area contributed by atoms with Gasteiger partial charge in [0.1, 0.15) is 13.2 Å². The molecule has 0 saturated carbocycles. The lowest BCUT2D eigenvalue weighted by Gasteiger charge is -2.18. The van der Waals surface area contributed by atoms with Gasteiger partial charge >= 0.3 is 17.9 Å². The van der Waals surface area contributed by atoms with E-state index in [1.807, 2.05) is 0 Å². The Kier molecular flexibility index (Phi) is 64.4. The van der Waals surface area contributed by atoms with Crippen LogP contribution in [0.1, 0.15) is 265 Å². The molecule has 1 unspecified atom stereocenters. The van der Waals surface area contributed by atoms with Crippen molar-refractivity contribution < 1.29 is 28.6 Å². The number of hydrogen-bond donors (Lipinski definition) is 0. The molecule has 1 atom stereocenters. The minimum Gasteiger partial charge on any atom is -0.462 e. The quantitative estimate of drug-likeness (QED) is 0.0261. The minimum absolute atomic E-state index is 0.117. The summed E-state index contributed by atoms with van der Waals surface area (Å²) in [5.74, 6) is -1.01. The van der Waals surface area contributed by atoms with E-state index < -0.39 is 6.10 Å². The van der Waals surface area contributed by atoms with Crippen LogP contribution < -0.4 is 0 Å². The number of rotatable bonds is 58. The fourth-order valence-electron chi connectivity index (χ4n) is 8.46. The van der Waals surface area contributed by atoms with Crippen LogP contribution in [0.2, 0.25) is 0 Å². The summed E-state index contributed by atoms with van der Waals surface area (Å²) in [6.07, 6.45) is 103. The number of ether oxygens (including phenoxy) is 3. The Bertz CT molecular complexity index is 1940. The van der Waals surface area contributed by atoms with Gasteiger partial charge in [-0.3, -0.25) is 14.4 Å². The monoisotopic (exact) mass is 1140 g/mol. The van der Waals surface area contributed by atoms with Crippen LogP contribution in [0.3, 0.4) is 0 Å². The van der Waals surface area contributed by atoms with Gasteiger partial charge in [-0.1, -0.05) is 274 Å². The van der Waals surface area contributed by atoms with Crippen molar-refractivity contribution in [3.05, 3.63) is 182 Å². The molecule has 0 saturated heterocycles. The lowest BCUT2D eigenvalue weighted by Crippen LogP contribution is -2.30. The number of allylic oxidation sites excluding steroid dienone is 30. The largest absolute Gasteiger partial charge is 0.462 e. The highest BCUT2D eigenvalue weighted by molar-refractivity contribution is 5.71. The average molecular weight is 1140 g/mol. The number of carbonyl (C=O) groups excluding carboxylic acids is 3. The topological polar surface area (TPSA) is 78.9 Å². The van der Waals surface area contributed by atoms with Crippen molar-refractivity contribution in [2.24, 2.45) is 0 Å². The van der Waals surface area contributed by atoms with E-state index in [1.165, 1.54) is 51.4 Å². The maximum atomic E-state index is 12.9. The molecule has 0 aliphatic rings. The third kappa shape index (κ3) is 67.2. The molecule has 464 valence electrons. The predicted molar refractivity (Wildman–Crippen MR) is 361 cm³/mol. The average Bonchev–Trinajstić information content (AvgIpc) is 3.49. The van der Waals surface area contributed by atoms with Gasteiger partial charge in [0.2, 0.25) is 0 Å². The second kappa shape index (κ2) is 69.0. The normalized spacial score (nSPS) is 13.3. The number of hydrogen-bond acceptors (Lipinski definition) is 6. The van der Waals surface area contributed by atoms with Gasteiger partial charge in [-0.2, -0.15) is 0 Å². The van der Waals surface area contributed by atoms with Gasteiger partial charge in [-0.15, -0.1) is 0 Å². The molecule has 0 fully saturated rings. The number of carbonyl (C=O) groups is 3. The van der Waals surface area contributed by atoms with E-state index in [-0.39, 0.29) is 44.0 Å². The third-order valence-electron chi connectivity index (χ3n) is 13.4. The Balaban J connectivity index is 4.54. The highest BCUT2D eigenvalue weighted by Gasteiger charge is 2.19. The fraction of sp³-hybridized carbons (Fsp3) is 0.571. The first-order chi connectivity index (χ1) is 41.0. The summed E-state index contributed by atoms with van der Waals surface area (Å²) in [5, 5.41) is 0. The lowest BCUT2D eigenvalue weighted by molar-refractivity contribution is -0.167. The van der Waals surface area contributed by atoms with E-state index in [1.54, 1.807) is 0 Å². The van der Waals surface area contributed by atoms with Crippen LogP contribution >= 0.6 is 0 Å². The molecule has 0 spiro atoms. The maximum absolute atomic E-state index is 12.9. The smallest absolute Gasteiger partial charge is 0.306 e. The Morgan fingerprint density at radius 3 is 0.795 bits per heavy atom. The molecule has 0 aromatic rings. The molecule has 0 heterocycles. The zero-order chi connectivity index (χ0) is 59.9. The Morgan fingerprint density at radius 1 is 0.253 bits per heavy atom. The van der Waals surface area contributed by atoms with Crippen molar-refractivity contribution >= 4 is 17.9 Å². The van der Waals surface area contributed by atoms with Gasteiger partial charge < -0.3 is 14.2 Å². The third-order valence-corrected chi connectivity index (χ3v) is 13.4. The molecule has 0 aromatic heterocycles. The summed E-state index contributed by atoms with van der Waals surface area (Å²) in [7, 11) is 0. The van der Waals surface area contributed by atoms with Crippen molar-refractivity contribution in [3.63, 3.8) is 0 Å². The van der Waals surface area contributed by atoms with Gasteiger partial charge in [-0.25, -0.2) is 0 Å². The summed E-state index contributed by atoms with van der Waals surface area (Å²) in [4.78, 5) is 38.4. The summed E-state index contributed by atoms with van der Waals surface area (Å²) >= 11 is 0. The first-order valence-electron chi connectivity index (χ1n) is 33.3. The Hall–Kier alpha value is -5.49. The number of esters is 3. The molecule has 0 rings (SSSR count). The van der Waals surface area contributed by atoms with Crippen molar-refractivity contribution in [3.8, 4) is 0 Å². The van der Waals surface area contributed by atoms with E-state index in [4.69, 9.17) is 14.2 Å². The van der Waals surface area contributed by atoms with Crippen LogP contribution in [0.15, 0.2) is 182 Å². The summed E-state index contributed by atoms with van der Waals surface area (Å²) in [5.41, 5.74) is 0. The van der Waals surface area contributed by atoms with Gasteiger partial charge in [0.15, 0.2) is 6.10 Å². The van der Waals surface area contributed by atoms with Crippen LogP contribution in [0.25, 0.3) is 0 Å². The summed E-state index contributed by atoms with van der Waals surface area (Å²) in [6.45, 7) is 6.33. The Morgan fingerprint density at radius 2 is 0.482 bits per heavy atom. The standard InChI is InChI=1S/C77H120O6/c1-4-7-10-13-16-19-22-25-28-30-32-34-35-36-37-38-39-40-41-43-44-46-49-52-55-58-61-64-67-70-76(79)82-73-74(72-81-75(78)69-66-63-60-57-54-51-48-27-24-21-18-15-12-9-6-3)83-77(80)71-68-65-62-59-56-53-50-47-45-42-33-31-29-26-23-20-17-14-11-8-5-2/h7-8,10-11,16-17,19-20,25-29,32-34,36-37,39-40,42-44,47-50,52,58,61,74H,4-6,9,12-15,18,21-24,30-31,35,38,41,45-46,51,53-57,59-60,62-73H2,1-3H3/b10-7-,11-8-,19-16-,20-17-,28-25-,29-26-,34-32-,37-36-,40-39-,42-33-,44-43-,48-27-,50-47-,52-49-,61-58-. The molecule has 6 nitrogen and oxygen atoms in total. The molecule has 0 amide bonds. The molecule has 0 bridgehead atoms. The first-order valence-corrected chi connectivity index (χ1v) is 33.3. The molecular weight excluding hydrogens is 1020 g/mol. The van der Waals surface area contributed by atoms with Crippen LogP contribution in [0.5, 0.6) is 0 Å². The lowest BCUT2D eigenvalue weighted by atomic mass is 10.1. The molecule has 6 heteroatoms. The fourth-order valence-corrected chi connectivity index (χ4v) is 8.46. The molecule has 0 aliphatic heterocycles. The predicted octanol–water partition coefficient (Wildman–Crippen LogP) is 23.2. The highest BCUT2D eigenvalue weighted by Crippen LogP contribution is 2.13. The van der Waals surface area contributed by atoms with Gasteiger partial charge in [0, 0.05) is 19.3 Å². The van der Waals surface area contributed by atoms with E-state index >= 15 is 0 Å². The van der Waals surface area contributed by atoms with Crippen molar-refractivity contribution in [1.29, 1.82) is 0 Å². The first kappa shape index (κ1) is 77.5. The van der Waals surface area contributed by atoms with Crippen molar-refractivity contribution in [2.45, 2.75) is 271 Å². The zero-order valence-electron chi connectivity index (χ0n) is 53.1. The SMILES string of the molecule is CC/C=C\C/C=C\C/C=C\C/C=C\C/C=C\C/C=C\C/C=C\C/C=C\C/C=C\CCCC(=O)OCC(COC(=O)CCCCCCC/C=C\CCCCCCCC)OC(=O)CCCCCCC/C=C\C/C=C\C/C=C\C/C=C\C/C=C\CC.